The third kappa shape index (κ3) is 4.67. The predicted molar refractivity (Wildman–Crippen MR) is 73.5 cm³/mol. The first-order chi connectivity index (χ1) is 9.35. The monoisotopic (exact) mass is 284 g/mol. The van der Waals surface area contributed by atoms with E-state index in [1.807, 2.05) is 13.8 Å². The molecule has 6 heteroatoms. The molecule has 2 rings (SSSR count). The zero-order chi connectivity index (χ0) is 14.8. The number of aliphatic carboxylic acids is 1. The van der Waals surface area contributed by atoms with Crippen LogP contribution in [-0.4, -0.2) is 53.3 Å². The van der Waals surface area contributed by atoms with E-state index in [9.17, 15) is 9.59 Å². The van der Waals surface area contributed by atoms with Gasteiger partial charge in [-0.3, -0.25) is 4.79 Å². The van der Waals surface area contributed by atoms with E-state index in [-0.39, 0.29) is 24.2 Å². The molecule has 0 aromatic rings. The van der Waals surface area contributed by atoms with Crippen molar-refractivity contribution >= 4 is 12.0 Å². The quantitative estimate of drug-likeness (QED) is 0.801. The maximum atomic E-state index is 12.2. The summed E-state index contributed by atoms with van der Waals surface area (Å²) in [6, 6.07) is -0.205. The average molecular weight is 284 g/mol. The second kappa shape index (κ2) is 5.99. The number of nitrogens with zero attached hydrogens (tertiary/aromatic N) is 1. The highest BCUT2D eigenvalue weighted by molar-refractivity contribution is 5.80. The lowest BCUT2D eigenvalue weighted by molar-refractivity contribution is -0.137. The molecule has 2 aliphatic rings. The van der Waals surface area contributed by atoms with E-state index >= 15 is 0 Å². The van der Waals surface area contributed by atoms with Gasteiger partial charge in [0, 0.05) is 19.2 Å². The third-order valence-electron chi connectivity index (χ3n) is 3.81. The summed E-state index contributed by atoms with van der Waals surface area (Å²) in [5.74, 6) is -0.487. The minimum atomic E-state index is -0.965. The number of urea groups is 1. The molecule has 1 saturated carbocycles. The molecule has 0 aromatic carbocycles. The Morgan fingerprint density at radius 2 is 2.05 bits per heavy atom. The molecule has 2 amide bonds. The molecule has 2 fully saturated rings. The molecule has 1 unspecified atom stereocenters. The summed E-state index contributed by atoms with van der Waals surface area (Å²) in [7, 11) is 0. The van der Waals surface area contributed by atoms with Crippen LogP contribution in [0.15, 0.2) is 0 Å². The molecule has 1 aliphatic carbocycles. The van der Waals surface area contributed by atoms with Gasteiger partial charge in [-0.15, -0.1) is 0 Å². The molecule has 2 N–H and O–H groups in total. The van der Waals surface area contributed by atoms with Gasteiger partial charge in [0.05, 0.1) is 5.60 Å². The molecule has 1 heterocycles. The summed E-state index contributed by atoms with van der Waals surface area (Å²) in [6.45, 7) is 4.95. The molecule has 6 nitrogen and oxygen atoms in total. The number of carboxylic acid groups (broad SMARTS) is 1. The van der Waals surface area contributed by atoms with Crippen LogP contribution in [0.25, 0.3) is 0 Å². The second-order valence-electron chi connectivity index (χ2n) is 6.47. The Kier molecular flexibility index (Phi) is 4.52. The topological polar surface area (TPSA) is 78.9 Å². The number of rotatable bonds is 5. The maximum Gasteiger partial charge on any atom is 0.323 e. The van der Waals surface area contributed by atoms with Crippen molar-refractivity contribution in [2.45, 2.75) is 51.2 Å². The number of hydrogen-bond acceptors (Lipinski definition) is 3. The van der Waals surface area contributed by atoms with Gasteiger partial charge < -0.3 is 20.1 Å². The normalized spacial score (nSPS) is 25.0. The van der Waals surface area contributed by atoms with E-state index in [2.05, 4.69) is 5.32 Å². The van der Waals surface area contributed by atoms with E-state index in [0.29, 0.717) is 19.1 Å². The van der Waals surface area contributed by atoms with Gasteiger partial charge in [0.25, 0.3) is 0 Å². The lowest BCUT2D eigenvalue weighted by Gasteiger charge is -2.36. The molecule has 114 valence electrons. The number of amides is 2. The van der Waals surface area contributed by atoms with Gasteiger partial charge in [-0.2, -0.15) is 0 Å². The van der Waals surface area contributed by atoms with Crippen LogP contribution >= 0.6 is 0 Å². The first-order valence-electron chi connectivity index (χ1n) is 7.27. The first kappa shape index (κ1) is 15.1. The standard InChI is InChI=1S/C14H24N2O4/c1-14(2)7-11(5-6-20-14)15-13(19)16(9-12(17)18)8-10-3-4-10/h10-11H,3-9H2,1-2H3,(H,15,19)(H,17,18). The fraction of sp³-hybridized carbons (Fsp3) is 0.857. The minimum absolute atomic E-state index is 0.0572. The van der Waals surface area contributed by atoms with Gasteiger partial charge in [-0.1, -0.05) is 0 Å². The van der Waals surface area contributed by atoms with E-state index in [0.717, 1.165) is 25.7 Å². The summed E-state index contributed by atoms with van der Waals surface area (Å²) >= 11 is 0. The van der Waals surface area contributed by atoms with E-state index in [4.69, 9.17) is 9.84 Å². The van der Waals surface area contributed by atoms with Crippen molar-refractivity contribution in [2.75, 3.05) is 19.7 Å². The lowest BCUT2D eigenvalue weighted by atomic mass is 9.94. The van der Waals surface area contributed by atoms with Crippen molar-refractivity contribution in [3.05, 3.63) is 0 Å². The summed E-state index contributed by atoms with van der Waals surface area (Å²) in [4.78, 5) is 24.5. The lowest BCUT2D eigenvalue weighted by Crippen LogP contribution is -2.51. The van der Waals surface area contributed by atoms with Gasteiger partial charge in [0.15, 0.2) is 0 Å². The van der Waals surface area contributed by atoms with Crippen LogP contribution in [0.1, 0.15) is 39.5 Å². The molecular weight excluding hydrogens is 260 g/mol. The Bertz CT molecular complexity index is 379. The van der Waals surface area contributed by atoms with Crippen molar-refractivity contribution in [1.29, 1.82) is 0 Å². The van der Waals surface area contributed by atoms with Crippen molar-refractivity contribution in [3.63, 3.8) is 0 Å². The number of ether oxygens (including phenoxy) is 1. The Hall–Kier alpha value is -1.30. The van der Waals surface area contributed by atoms with Crippen LogP contribution in [0, 0.1) is 5.92 Å². The highest BCUT2D eigenvalue weighted by atomic mass is 16.5. The Balaban J connectivity index is 1.87. The first-order valence-corrected chi connectivity index (χ1v) is 7.27. The Morgan fingerprint density at radius 1 is 1.35 bits per heavy atom. The van der Waals surface area contributed by atoms with Crippen LogP contribution in [0.3, 0.4) is 0 Å². The summed E-state index contributed by atoms with van der Waals surface area (Å²) < 4.78 is 5.62. The number of hydrogen-bond donors (Lipinski definition) is 2. The predicted octanol–water partition coefficient (Wildman–Crippen LogP) is 1.45. The number of carboxylic acids is 1. The Morgan fingerprint density at radius 3 is 2.60 bits per heavy atom. The van der Waals surface area contributed by atoms with Crippen molar-refractivity contribution in [2.24, 2.45) is 5.92 Å². The average Bonchev–Trinajstić information content (AvgIpc) is 3.10. The fourth-order valence-electron chi connectivity index (χ4n) is 2.62. The fourth-order valence-corrected chi connectivity index (χ4v) is 2.62. The molecule has 0 aromatic heterocycles. The van der Waals surface area contributed by atoms with Gasteiger partial charge >= 0.3 is 12.0 Å². The Labute approximate surface area is 119 Å². The van der Waals surface area contributed by atoms with E-state index in [1.165, 1.54) is 4.90 Å². The molecule has 0 bridgehead atoms. The van der Waals surface area contributed by atoms with Crippen LogP contribution in [0.5, 0.6) is 0 Å². The molecule has 0 spiro atoms. The highest BCUT2D eigenvalue weighted by Gasteiger charge is 2.32. The summed E-state index contributed by atoms with van der Waals surface area (Å²) in [6.07, 6.45) is 3.71. The molecule has 1 atom stereocenters. The largest absolute Gasteiger partial charge is 0.480 e. The van der Waals surface area contributed by atoms with Gasteiger partial charge in [-0.25, -0.2) is 4.79 Å². The van der Waals surface area contributed by atoms with Crippen LogP contribution in [0.4, 0.5) is 4.79 Å². The zero-order valence-electron chi connectivity index (χ0n) is 12.2. The summed E-state index contributed by atoms with van der Waals surface area (Å²) in [5, 5.41) is 11.9. The molecule has 1 saturated heterocycles. The number of carbonyl (C=O) groups excluding carboxylic acids is 1. The molecule has 20 heavy (non-hydrogen) atoms. The van der Waals surface area contributed by atoms with Crippen molar-refractivity contribution in [3.8, 4) is 0 Å². The van der Waals surface area contributed by atoms with Crippen LogP contribution in [0.2, 0.25) is 0 Å². The number of carbonyl (C=O) groups is 2. The number of nitrogens with one attached hydrogen (secondary N) is 1. The van der Waals surface area contributed by atoms with Crippen LogP contribution in [-0.2, 0) is 9.53 Å². The second-order valence-corrected chi connectivity index (χ2v) is 6.47. The van der Waals surface area contributed by atoms with Crippen LogP contribution < -0.4 is 5.32 Å². The minimum Gasteiger partial charge on any atom is -0.480 e. The van der Waals surface area contributed by atoms with E-state index in [1.54, 1.807) is 0 Å². The van der Waals surface area contributed by atoms with E-state index < -0.39 is 5.97 Å². The van der Waals surface area contributed by atoms with Crippen molar-refractivity contribution < 1.29 is 19.4 Å². The molecule has 1 aliphatic heterocycles. The smallest absolute Gasteiger partial charge is 0.323 e. The third-order valence-corrected chi connectivity index (χ3v) is 3.81. The molecule has 0 radical (unpaired) electrons. The SMILES string of the molecule is CC1(C)CC(NC(=O)N(CC(=O)O)CC2CC2)CCO1. The van der Waals surface area contributed by atoms with Gasteiger partial charge in [0.1, 0.15) is 6.54 Å². The van der Waals surface area contributed by atoms with Gasteiger partial charge in [0.2, 0.25) is 0 Å². The maximum absolute atomic E-state index is 12.2. The van der Waals surface area contributed by atoms with Gasteiger partial charge in [-0.05, 0) is 45.4 Å². The molecular formula is C14H24N2O4. The highest BCUT2D eigenvalue weighted by Crippen LogP contribution is 2.30. The zero-order valence-corrected chi connectivity index (χ0v) is 12.2. The summed E-state index contributed by atoms with van der Waals surface area (Å²) in [5.41, 5.74) is -0.232. The van der Waals surface area contributed by atoms with Crippen molar-refractivity contribution in [1.82, 2.24) is 10.2 Å².